The van der Waals surface area contributed by atoms with Crippen molar-refractivity contribution in [3.05, 3.63) is 94.2 Å². The Balaban J connectivity index is 1.41. The van der Waals surface area contributed by atoms with Crippen LogP contribution in [-0.2, 0) is 13.0 Å². The van der Waals surface area contributed by atoms with Crippen LogP contribution in [0, 0.1) is 10.1 Å². The van der Waals surface area contributed by atoms with Crippen LogP contribution in [0.2, 0.25) is 0 Å². The van der Waals surface area contributed by atoms with Crippen molar-refractivity contribution in [3.63, 3.8) is 0 Å². The minimum atomic E-state index is -0.415. The second-order valence-corrected chi connectivity index (χ2v) is 7.69. The molecule has 5 aromatic rings. The lowest BCUT2D eigenvalue weighted by Crippen LogP contribution is -1.99. The molecular formula is C25H20N6O3. The Morgan fingerprint density at radius 2 is 1.79 bits per heavy atom. The number of aromatic amines is 1. The Bertz CT molecular complexity index is 1470. The van der Waals surface area contributed by atoms with Crippen LogP contribution in [0.4, 0.5) is 5.69 Å². The summed E-state index contributed by atoms with van der Waals surface area (Å²) in [6.45, 7) is 2.33. The number of nitro benzene ring substituents is 1. The Labute approximate surface area is 194 Å². The summed E-state index contributed by atoms with van der Waals surface area (Å²) >= 11 is 0. The van der Waals surface area contributed by atoms with Gasteiger partial charge >= 0.3 is 0 Å². The normalized spacial score (nSPS) is 11.0. The third-order valence-electron chi connectivity index (χ3n) is 5.55. The molecule has 9 heteroatoms. The van der Waals surface area contributed by atoms with E-state index in [1.807, 2.05) is 61.5 Å². The van der Waals surface area contributed by atoms with Gasteiger partial charge in [-0.15, -0.1) is 10.2 Å². The molecule has 0 spiro atoms. The summed E-state index contributed by atoms with van der Waals surface area (Å²) in [5.74, 6) is 1.12. The van der Waals surface area contributed by atoms with Gasteiger partial charge in [-0.05, 0) is 34.4 Å². The van der Waals surface area contributed by atoms with E-state index in [0.29, 0.717) is 29.1 Å². The first-order chi connectivity index (χ1) is 16.6. The number of benzene rings is 3. The second kappa shape index (κ2) is 9.07. The summed E-state index contributed by atoms with van der Waals surface area (Å²) in [5, 5.41) is 26.2. The summed E-state index contributed by atoms with van der Waals surface area (Å²) in [7, 11) is 0. The second-order valence-electron chi connectivity index (χ2n) is 7.69. The summed E-state index contributed by atoms with van der Waals surface area (Å²) in [4.78, 5) is 15.4. The Hall–Kier alpha value is -4.66. The number of aryl methyl sites for hydroxylation is 1. The molecular weight excluding hydrogens is 432 g/mol. The molecule has 0 radical (unpaired) electrons. The van der Waals surface area contributed by atoms with Crippen LogP contribution in [-0.4, -0.2) is 30.5 Å². The van der Waals surface area contributed by atoms with E-state index in [2.05, 4.69) is 25.6 Å². The van der Waals surface area contributed by atoms with Gasteiger partial charge in [0.25, 0.3) is 5.69 Å². The molecule has 0 amide bonds. The van der Waals surface area contributed by atoms with Crippen molar-refractivity contribution in [2.45, 2.75) is 20.0 Å². The van der Waals surface area contributed by atoms with E-state index in [4.69, 9.17) is 4.74 Å². The van der Waals surface area contributed by atoms with Crippen molar-refractivity contribution in [1.82, 2.24) is 25.6 Å². The van der Waals surface area contributed by atoms with Gasteiger partial charge in [0, 0.05) is 34.8 Å². The van der Waals surface area contributed by atoms with Crippen LogP contribution in [0.5, 0.6) is 5.75 Å². The molecule has 3 aromatic carbocycles. The molecule has 0 fully saturated rings. The zero-order valence-corrected chi connectivity index (χ0v) is 18.3. The third-order valence-corrected chi connectivity index (χ3v) is 5.55. The van der Waals surface area contributed by atoms with Crippen molar-refractivity contribution in [2.75, 3.05) is 0 Å². The van der Waals surface area contributed by atoms with E-state index in [-0.39, 0.29) is 5.69 Å². The van der Waals surface area contributed by atoms with E-state index in [0.717, 1.165) is 34.4 Å². The standard InChI is InChI=1S/C25H20N6O3/c1-2-18-13-24(22-14-19(31(32)33)11-12-23(22)26-18)34-15-16-7-9-17(10-8-16)20-5-3-4-6-21(20)25-27-29-30-28-25/h3-14H,2,15H2,1H3,(H,27,28,29,30). The molecule has 0 unspecified atom stereocenters. The number of fused-ring (bicyclic) bond motifs is 1. The highest BCUT2D eigenvalue weighted by Crippen LogP contribution is 2.32. The molecule has 0 aliphatic carbocycles. The maximum Gasteiger partial charge on any atom is 0.270 e. The minimum Gasteiger partial charge on any atom is -0.488 e. The van der Waals surface area contributed by atoms with Gasteiger partial charge in [-0.1, -0.05) is 55.5 Å². The van der Waals surface area contributed by atoms with E-state index < -0.39 is 4.92 Å². The lowest BCUT2D eigenvalue weighted by molar-refractivity contribution is -0.384. The molecule has 9 nitrogen and oxygen atoms in total. The van der Waals surface area contributed by atoms with Gasteiger partial charge < -0.3 is 4.74 Å². The molecule has 168 valence electrons. The maximum absolute atomic E-state index is 11.2. The molecule has 0 saturated carbocycles. The topological polar surface area (TPSA) is 120 Å². The number of tetrazole rings is 1. The number of H-pyrrole nitrogens is 1. The summed E-state index contributed by atoms with van der Waals surface area (Å²) in [5.41, 5.74) is 5.41. The average molecular weight is 452 g/mol. The van der Waals surface area contributed by atoms with Gasteiger partial charge in [0.1, 0.15) is 12.4 Å². The van der Waals surface area contributed by atoms with Gasteiger partial charge in [-0.2, -0.15) is 5.21 Å². The molecule has 0 atom stereocenters. The number of nitrogens with one attached hydrogen (secondary N) is 1. The predicted octanol–water partition coefficient (Wildman–Crippen LogP) is 5.13. The summed E-state index contributed by atoms with van der Waals surface area (Å²) < 4.78 is 6.12. The number of rotatable bonds is 7. The van der Waals surface area contributed by atoms with E-state index in [1.165, 1.54) is 12.1 Å². The zero-order valence-electron chi connectivity index (χ0n) is 18.3. The van der Waals surface area contributed by atoms with Crippen LogP contribution in [0.15, 0.2) is 72.8 Å². The third kappa shape index (κ3) is 4.18. The molecule has 34 heavy (non-hydrogen) atoms. The lowest BCUT2D eigenvalue weighted by atomic mass is 9.98. The fourth-order valence-corrected chi connectivity index (χ4v) is 3.80. The van der Waals surface area contributed by atoms with Crippen molar-refractivity contribution in [1.29, 1.82) is 0 Å². The Kier molecular flexibility index (Phi) is 5.65. The van der Waals surface area contributed by atoms with Crippen molar-refractivity contribution in [2.24, 2.45) is 0 Å². The van der Waals surface area contributed by atoms with Crippen LogP contribution in [0.3, 0.4) is 0 Å². The lowest BCUT2D eigenvalue weighted by Gasteiger charge is -2.12. The fourth-order valence-electron chi connectivity index (χ4n) is 3.80. The smallest absolute Gasteiger partial charge is 0.270 e. The number of hydrogen-bond acceptors (Lipinski definition) is 7. The number of nitrogens with zero attached hydrogens (tertiary/aromatic N) is 5. The SMILES string of the molecule is CCc1cc(OCc2ccc(-c3ccccc3-c3nn[nH]n3)cc2)c2cc([N+](=O)[O-])ccc2n1. The van der Waals surface area contributed by atoms with Crippen LogP contribution >= 0.6 is 0 Å². The highest BCUT2D eigenvalue weighted by atomic mass is 16.6. The number of nitro groups is 1. The van der Waals surface area contributed by atoms with Gasteiger partial charge in [-0.25, -0.2) is 0 Å². The number of non-ortho nitro benzene ring substituents is 1. The maximum atomic E-state index is 11.2. The highest BCUT2D eigenvalue weighted by Gasteiger charge is 2.13. The number of aromatic nitrogens is 5. The highest BCUT2D eigenvalue weighted by molar-refractivity contribution is 5.87. The van der Waals surface area contributed by atoms with Gasteiger partial charge in [0.15, 0.2) is 0 Å². The quantitative estimate of drug-likeness (QED) is 0.268. The largest absolute Gasteiger partial charge is 0.488 e. The van der Waals surface area contributed by atoms with E-state index in [9.17, 15) is 10.1 Å². The molecule has 0 aliphatic heterocycles. The monoisotopic (exact) mass is 452 g/mol. The van der Waals surface area contributed by atoms with Crippen molar-refractivity contribution >= 4 is 16.6 Å². The first-order valence-corrected chi connectivity index (χ1v) is 10.8. The number of hydrogen-bond donors (Lipinski definition) is 1. The van der Waals surface area contributed by atoms with Crippen molar-refractivity contribution in [3.8, 4) is 28.3 Å². The van der Waals surface area contributed by atoms with Crippen LogP contribution in [0.25, 0.3) is 33.4 Å². The van der Waals surface area contributed by atoms with Crippen LogP contribution < -0.4 is 4.74 Å². The van der Waals surface area contributed by atoms with E-state index >= 15 is 0 Å². The minimum absolute atomic E-state index is 0.00742. The van der Waals surface area contributed by atoms with Gasteiger partial charge in [0.05, 0.1) is 10.4 Å². The Morgan fingerprint density at radius 1 is 1.00 bits per heavy atom. The first kappa shape index (κ1) is 21.2. The molecule has 2 aromatic heterocycles. The number of pyridine rings is 1. The van der Waals surface area contributed by atoms with Crippen molar-refractivity contribution < 1.29 is 9.66 Å². The average Bonchev–Trinajstić information content (AvgIpc) is 3.42. The van der Waals surface area contributed by atoms with E-state index in [1.54, 1.807) is 6.07 Å². The molecule has 0 saturated heterocycles. The predicted molar refractivity (Wildman–Crippen MR) is 127 cm³/mol. The summed E-state index contributed by atoms with van der Waals surface area (Å²) in [6, 6.07) is 22.4. The molecule has 0 aliphatic rings. The Morgan fingerprint density at radius 3 is 2.50 bits per heavy atom. The molecule has 1 N–H and O–H groups in total. The van der Waals surface area contributed by atoms with Crippen LogP contribution in [0.1, 0.15) is 18.2 Å². The molecule has 5 rings (SSSR count). The fraction of sp³-hybridized carbons (Fsp3) is 0.120. The van der Waals surface area contributed by atoms with Gasteiger partial charge in [0.2, 0.25) is 5.82 Å². The number of ether oxygens (including phenoxy) is 1. The molecule has 0 bridgehead atoms. The molecule has 2 heterocycles. The zero-order chi connectivity index (χ0) is 23.5. The summed E-state index contributed by atoms with van der Waals surface area (Å²) in [6.07, 6.45) is 0.734. The van der Waals surface area contributed by atoms with Gasteiger partial charge in [-0.3, -0.25) is 15.1 Å². The first-order valence-electron chi connectivity index (χ1n) is 10.8.